The molecule has 0 aromatic carbocycles. The summed E-state index contributed by atoms with van der Waals surface area (Å²) >= 11 is 0. The average Bonchev–Trinajstić information content (AvgIpc) is 2.88. The number of nitrogens with one attached hydrogen (secondary N) is 3. The summed E-state index contributed by atoms with van der Waals surface area (Å²) in [5.74, 6) is -0.0790. The van der Waals surface area contributed by atoms with Crippen LogP contribution in [0.2, 0.25) is 0 Å². The Balaban J connectivity index is 1.60. The van der Waals surface area contributed by atoms with Crippen LogP contribution in [0, 0.1) is 0 Å². The standard InChI is InChI=1S/C11H18N4O2/c16-11(13-5-9-6-14-15-7-9)8-17-10-1-3-12-4-2-10/h6-7,10,12H,1-5,8H2,(H,13,16)(H,14,15). The summed E-state index contributed by atoms with van der Waals surface area (Å²) in [7, 11) is 0. The predicted octanol–water partition coefficient (Wildman–Crippen LogP) is -0.205. The highest BCUT2D eigenvalue weighted by atomic mass is 16.5. The van der Waals surface area contributed by atoms with Gasteiger partial charge in [-0.05, 0) is 25.9 Å². The highest BCUT2D eigenvalue weighted by Gasteiger charge is 2.14. The molecule has 1 aliphatic rings. The molecule has 2 heterocycles. The summed E-state index contributed by atoms with van der Waals surface area (Å²) in [5.41, 5.74) is 0.959. The quantitative estimate of drug-likeness (QED) is 0.663. The minimum absolute atomic E-state index is 0.0790. The Bertz CT molecular complexity index is 333. The van der Waals surface area contributed by atoms with E-state index in [1.54, 1.807) is 12.4 Å². The first-order chi connectivity index (χ1) is 8.34. The molecule has 0 atom stereocenters. The SMILES string of the molecule is O=C(COC1CCNCC1)NCc1cn[nH]c1. The zero-order valence-electron chi connectivity index (χ0n) is 9.74. The summed E-state index contributed by atoms with van der Waals surface area (Å²) in [5, 5.41) is 12.5. The van der Waals surface area contributed by atoms with Gasteiger partial charge in [0.1, 0.15) is 6.61 Å². The van der Waals surface area contributed by atoms with Crippen LogP contribution in [0.3, 0.4) is 0 Å². The van der Waals surface area contributed by atoms with Crippen LogP contribution in [-0.4, -0.2) is 41.9 Å². The lowest BCUT2D eigenvalue weighted by Crippen LogP contribution is -2.35. The summed E-state index contributed by atoms with van der Waals surface area (Å²) in [4.78, 5) is 11.5. The van der Waals surface area contributed by atoms with E-state index in [0.29, 0.717) is 6.54 Å². The number of ether oxygens (including phenoxy) is 1. The summed E-state index contributed by atoms with van der Waals surface area (Å²) in [6.07, 6.45) is 5.63. The molecule has 3 N–H and O–H groups in total. The van der Waals surface area contributed by atoms with Gasteiger partial charge in [-0.15, -0.1) is 0 Å². The number of H-pyrrole nitrogens is 1. The monoisotopic (exact) mass is 238 g/mol. The first kappa shape index (κ1) is 12.1. The number of hydrogen-bond donors (Lipinski definition) is 3. The van der Waals surface area contributed by atoms with Crippen LogP contribution in [0.25, 0.3) is 0 Å². The molecule has 1 fully saturated rings. The van der Waals surface area contributed by atoms with Gasteiger partial charge in [-0.3, -0.25) is 9.89 Å². The van der Waals surface area contributed by atoms with Crippen LogP contribution >= 0.6 is 0 Å². The Kier molecular flexibility index (Phi) is 4.52. The third-order valence-corrected chi connectivity index (χ3v) is 2.78. The van der Waals surface area contributed by atoms with E-state index in [-0.39, 0.29) is 18.6 Å². The van der Waals surface area contributed by atoms with E-state index in [4.69, 9.17) is 4.74 Å². The van der Waals surface area contributed by atoms with Gasteiger partial charge in [0.15, 0.2) is 0 Å². The van der Waals surface area contributed by atoms with Crippen molar-refractivity contribution in [2.45, 2.75) is 25.5 Å². The number of carbonyl (C=O) groups is 1. The van der Waals surface area contributed by atoms with E-state index in [0.717, 1.165) is 31.5 Å². The third-order valence-electron chi connectivity index (χ3n) is 2.78. The highest BCUT2D eigenvalue weighted by molar-refractivity contribution is 5.77. The molecule has 94 valence electrons. The fourth-order valence-corrected chi connectivity index (χ4v) is 1.78. The van der Waals surface area contributed by atoms with E-state index in [2.05, 4.69) is 20.8 Å². The molecule has 1 aliphatic heterocycles. The van der Waals surface area contributed by atoms with Gasteiger partial charge >= 0.3 is 0 Å². The zero-order valence-corrected chi connectivity index (χ0v) is 9.74. The fraction of sp³-hybridized carbons (Fsp3) is 0.636. The van der Waals surface area contributed by atoms with Crippen LogP contribution in [0.1, 0.15) is 18.4 Å². The molecule has 0 bridgehead atoms. The molecule has 1 aromatic heterocycles. The number of amides is 1. The lowest BCUT2D eigenvalue weighted by Gasteiger charge is -2.22. The molecule has 0 radical (unpaired) electrons. The first-order valence-electron chi connectivity index (χ1n) is 5.91. The number of aromatic nitrogens is 2. The molecular weight excluding hydrogens is 220 g/mol. The van der Waals surface area contributed by atoms with Crippen molar-refractivity contribution in [3.05, 3.63) is 18.0 Å². The zero-order chi connectivity index (χ0) is 11.9. The van der Waals surface area contributed by atoms with Crippen molar-refractivity contribution < 1.29 is 9.53 Å². The van der Waals surface area contributed by atoms with E-state index < -0.39 is 0 Å². The summed E-state index contributed by atoms with van der Waals surface area (Å²) < 4.78 is 5.54. The van der Waals surface area contributed by atoms with Gasteiger partial charge in [0.2, 0.25) is 5.91 Å². The molecular formula is C11H18N4O2. The molecule has 0 aliphatic carbocycles. The Morgan fingerprint density at radius 3 is 3.06 bits per heavy atom. The van der Waals surface area contributed by atoms with Crippen LogP contribution in [-0.2, 0) is 16.1 Å². The molecule has 1 saturated heterocycles. The highest BCUT2D eigenvalue weighted by Crippen LogP contribution is 2.06. The van der Waals surface area contributed by atoms with Gasteiger partial charge in [0.05, 0.1) is 12.3 Å². The topological polar surface area (TPSA) is 79.0 Å². The Hall–Kier alpha value is -1.40. The minimum atomic E-state index is -0.0790. The van der Waals surface area contributed by atoms with Crippen LogP contribution in [0.15, 0.2) is 12.4 Å². The van der Waals surface area contributed by atoms with Crippen LogP contribution < -0.4 is 10.6 Å². The summed E-state index contributed by atoms with van der Waals surface area (Å²) in [6, 6.07) is 0. The van der Waals surface area contributed by atoms with Crippen LogP contribution in [0.4, 0.5) is 0 Å². The van der Waals surface area contributed by atoms with Gasteiger partial charge in [0.25, 0.3) is 0 Å². The van der Waals surface area contributed by atoms with Gasteiger partial charge in [0, 0.05) is 18.3 Å². The average molecular weight is 238 g/mol. The van der Waals surface area contributed by atoms with Gasteiger partial charge in [-0.25, -0.2) is 0 Å². The van der Waals surface area contributed by atoms with E-state index in [1.807, 2.05) is 0 Å². The Morgan fingerprint density at radius 2 is 2.35 bits per heavy atom. The third kappa shape index (κ3) is 4.16. The normalized spacial score (nSPS) is 16.9. The van der Waals surface area contributed by atoms with Crippen molar-refractivity contribution in [3.8, 4) is 0 Å². The molecule has 1 amide bonds. The lowest BCUT2D eigenvalue weighted by atomic mass is 10.1. The molecule has 0 spiro atoms. The molecule has 1 aromatic rings. The lowest BCUT2D eigenvalue weighted by molar-refractivity contribution is -0.128. The molecule has 6 heteroatoms. The van der Waals surface area contributed by atoms with Crippen molar-refractivity contribution in [1.29, 1.82) is 0 Å². The first-order valence-corrected chi connectivity index (χ1v) is 5.91. The van der Waals surface area contributed by atoms with Crippen molar-refractivity contribution in [2.24, 2.45) is 0 Å². The van der Waals surface area contributed by atoms with Gasteiger partial charge in [-0.1, -0.05) is 0 Å². The second kappa shape index (κ2) is 6.36. The number of rotatable bonds is 5. The molecule has 6 nitrogen and oxygen atoms in total. The van der Waals surface area contributed by atoms with Crippen molar-refractivity contribution in [3.63, 3.8) is 0 Å². The molecule has 0 unspecified atom stereocenters. The van der Waals surface area contributed by atoms with E-state index in [9.17, 15) is 4.79 Å². The largest absolute Gasteiger partial charge is 0.368 e. The molecule has 17 heavy (non-hydrogen) atoms. The number of aromatic amines is 1. The smallest absolute Gasteiger partial charge is 0.246 e. The number of carbonyl (C=O) groups excluding carboxylic acids is 1. The Morgan fingerprint density at radius 1 is 1.53 bits per heavy atom. The minimum Gasteiger partial charge on any atom is -0.368 e. The van der Waals surface area contributed by atoms with Gasteiger partial charge in [-0.2, -0.15) is 5.10 Å². The van der Waals surface area contributed by atoms with Crippen molar-refractivity contribution in [2.75, 3.05) is 19.7 Å². The van der Waals surface area contributed by atoms with Crippen molar-refractivity contribution >= 4 is 5.91 Å². The van der Waals surface area contributed by atoms with E-state index in [1.165, 1.54) is 0 Å². The van der Waals surface area contributed by atoms with E-state index >= 15 is 0 Å². The molecule has 0 saturated carbocycles. The second-order valence-corrected chi connectivity index (χ2v) is 4.14. The number of hydrogen-bond acceptors (Lipinski definition) is 4. The maximum atomic E-state index is 11.5. The number of piperidine rings is 1. The van der Waals surface area contributed by atoms with Gasteiger partial charge < -0.3 is 15.4 Å². The van der Waals surface area contributed by atoms with Crippen molar-refractivity contribution in [1.82, 2.24) is 20.8 Å². The fourth-order valence-electron chi connectivity index (χ4n) is 1.78. The maximum Gasteiger partial charge on any atom is 0.246 e. The van der Waals surface area contributed by atoms with Crippen LogP contribution in [0.5, 0.6) is 0 Å². The maximum absolute atomic E-state index is 11.5. The Labute approximate surface area is 100 Å². The number of nitrogens with zero attached hydrogens (tertiary/aromatic N) is 1. The second-order valence-electron chi connectivity index (χ2n) is 4.14. The summed E-state index contributed by atoms with van der Waals surface area (Å²) in [6.45, 7) is 2.58. The predicted molar refractivity (Wildman–Crippen MR) is 62.3 cm³/mol. The molecule has 2 rings (SSSR count).